The van der Waals surface area contributed by atoms with Crippen molar-refractivity contribution in [1.82, 2.24) is 24.9 Å². The summed E-state index contributed by atoms with van der Waals surface area (Å²) in [4.78, 5) is 23.3. The fourth-order valence-electron chi connectivity index (χ4n) is 3.46. The Kier molecular flexibility index (Phi) is 4.98. The molecule has 0 bridgehead atoms. The van der Waals surface area contributed by atoms with Gasteiger partial charge in [-0.05, 0) is 56.0 Å². The Morgan fingerprint density at radius 1 is 1.00 bits per heavy atom. The van der Waals surface area contributed by atoms with Crippen LogP contribution in [0.4, 0.5) is 5.95 Å². The summed E-state index contributed by atoms with van der Waals surface area (Å²) in [5, 5.41) is 5.51. The largest absolute Gasteiger partial charge is 0.264 e. The third kappa shape index (κ3) is 3.69. The third-order valence-corrected chi connectivity index (χ3v) is 6.14. The van der Waals surface area contributed by atoms with Gasteiger partial charge in [0.1, 0.15) is 5.01 Å². The van der Waals surface area contributed by atoms with Crippen LogP contribution in [0, 0.1) is 6.92 Å². The van der Waals surface area contributed by atoms with Crippen LogP contribution >= 0.6 is 11.3 Å². The smallest absolute Gasteiger partial charge is 0.243 e. The number of hydrogen-bond donors (Lipinski definition) is 1. The average Bonchev–Trinajstić information content (AvgIpc) is 3.20. The van der Waals surface area contributed by atoms with E-state index in [9.17, 15) is 0 Å². The van der Waals surface area contributed by atoms with Crippen molar-refractivity contribution in [3.05, 3.63) is 72.1 Å². The quantitative estimate of drug-likeness (QED) is 0.495. The van der Waals surface area contributed by atoms with Crippen LogP contribution in [0.1, 0.15) is 29.8 Å². The number of fused-ring (bicyclic) bond motifs is 1. The minimum Gasteiger partial charge on any atom is -0.264 e. The molecule has 148 valence electrons. The molecule has 0 radical (unpaired) electrons. The molecule has 0 saturated heterocycles. The summed E-state index contributed by atoms with van der Waals surface area (Å²) < 4.78 is 0. The maximum absolute atomic E-state index is 4.99. The lowest BCUT2D eigenvalue weighted by Crippen LogP contribution is -2.16. The summed E-state index contributed by atoms with van der Waals surface area (Å²) in [6.45, 7) is 2.02. The molecule has 0 unspecified atom stereocenters. The first kappa shape index (κ1) is 18.5. The highest BCUT2D eigenvalue weighted by molar-refractivity contribution is 7.18. The van der Waals surface area contributed by atoms with Crippen molar-refractivity contribution in [3.8, 4) is 21.1 Å². The Hall–Kier alpha value is -3.52. The summed E-state index contributed by atoms with van der Waals surface area (Å²) >= 11 is 1.64. The van der Waals surface area contributed by atoms with E-state index in [4.69, 9.17) is 9.97 Å². The van der Waals surface area contributed by atoms with E-state index >= 15 is 0 Å². The van der Waals surface area contributed by atoms with Gasteiger partial charge >= 0.3 is 0 Å². The van der Waals surface area contributed by atoms with E-state index in [0.717, 1.165) is 57.5 Å². The van der Waals surface area contributed by atoms with Crippen molar-refractivity contribution >= 4 is 23.0 Å². The van der Waals surface area contributed by atoms with E-state index in [1.165, 1.54) is 5.56 Å². The molecule has 30 heavy (non-hydrogen) atoms. The van der Waals surface area contributed by atoms with Gasteiger partial charge in [0.15, 0.2) is 0 Å². The van der Waals surface area contributed by atoms with Crippen molar-refractivity contribution in [3.63, 3.8) is 0 Å². The van der Waals surface area contributed by atoms with E-state index in [0.29, 0.717) is 5.95 Å². The molecule has 0 aliphatic heterocycles. The highest BCUT2D eigenvalue weighted by Crippen LogP contribution is 2.35. The second-order valence-electron chi connectivity index (χ2n) is 6.98. The van der Waals surface area contributed by atoms with Crippen molar-refractivity contribution in [2.75, 3.05) is 5.43 Å². The second kappa shape index (κ2) is 8.08. The minimum atomic E-state index is 0.479. The van der Waals surface area contributed by atoms with Crippen LogP contribution in [0.3, 0.4) is 0 Å². The van der Waals surface area contributed by atoms with Gasteiger partial charge in [0.05, 0.1) is 27.7 Å². The predicted octanol–water partition coefficient (Wildman–Crippen LogP) is 4.52. The Bertz CT molecular complexity index is 1200. The van der Waals surface area contributed by atoms with Crippen LogP contribution in [0.15, 0.2) is 60.2 Å². The summed E-state index contributed by atoms with van der Waals surface area (Å²) in [5.74, 6) is 0.479. The van der Waals surface area contributed by atoms with Gasteiger partial charge in [-0.15, -0.1) is 11.3 Å². The standard InChI is InChI=1S/C22H19N7S/c1-14-20(30-21(26-14)16-6-3-10-23-13-16)18-9-8-15-5-2-7-17(19(15)27-18)28-29-22-24-11-4-12-25-22/h3-4,6,8-13H,2,5,7H2,1H3,(H,24,25,29). The van der Waals surface area contributed by atoms with Crippen molar-refractivity contribution in [2.24, 2.45) is 5.10 Å². The van der Waals surface area contributed by atoms with Gasteiger partial charge in [-0.1, -0.05) is 6.07 Å². The van der Waals surface area contributed by atoms with Gasteiger partial charge in [-0.3, -0.25) is 4.98 Å². The summed E-state index contributed by atoms with van der Waals surface area (Å²) in [6.07, 6.45) is 9.91. The molecule has 1 aliphatic carbocycles. The molecule has 1 N–H and O–H groups in total. The SMILES string of the molecule is Cc1nc(-c2cccnc2)sc1-c1ccc2c(n1)C(=NNc1ncccn1)CCC2. The van der Waals surface area contributed by atoms with Gasteiger partial charge in [-0.2, -0.15) is 5.10 Å². The Morgan fingerprint density at radius 2 is 1.90 bits per heavy atom. The van der Waals surface area contributed by atoms with Crippen molar-refractivity contribution in [2.45, 2.75) is 26.2 Å². The molecule has 7 nitrogen and oxygen atoms in total. The van der Waals surface area contributed by atoms with Gasteiger partial charge < -0.3 is 0 Å². The van der Waals surface area contributed by atoms with E-state index in [-0.39, 0.29) is 0 Å². The number of hydrazone groups is 1. The highest BCUT2D eigenvalue weighted by atomic mass is 32.1. The minimum absolute atomic E-state index is 0.479. The number of rotatable bonds is 4. The number of nitrogens with one attached hydrogen (secondary N) is 1. The third-order valence-electron chi connectivity index (χ3n) is 4.91. The predicted molar refractivity (Wildman–Crippen MR) is 118 cm³/mol. The molecule has 0 aromatic carbocycles. The Labute approximate surface area is 178 Å². The van der Waals surface area contributed by atoms with Crippen LogP contribution in [0.25, 0.3) is 21.1 Å². The van der Waals surface area contributed by atoms with E-state index < -0.39 is 0 Å². The van der Waals surface area contributed by atoms with Crippen LogP contribution in [-0.2, 0) is 6.42 Å². The molecule has 0 atom stereocenters. The van der Waals surface area contributed by atoms with Gasteiger partial charge in [0.25, 0.3) is 0 Å². The number of thiazole rings is 1. The van der Waals surface area contributed by atoms with Gasteiger partial charge in [0, 0.05) is 30.4 Å². The number of hydrogen-bond acceptors (Lipinski definition) is 8. The van der Waals surface area contributed by atoms with Crippen LogP contribution < -0.4 is 5.43 Å². The molecular formula is C22H19N7S. The molecule has 1 aliphatic rings. The molecule has 4 aromatic heterocycles. The second-order valence-corrected chi connectivity index (χ2v) is 7.97. The fraction of sp³-hybridized carbons (Fsp3) is 0.182. The number of nitrogens with zero attached hydrogens (tertiary/aromatic N) is 6. The number of pyridine rings is 2. The van der Waals surface area contributed by atoms with E-state index in [1.54, 1.807) is 36.0 Å². The normalized spacial score (nSPS) is 14.5. The monoisotopic (exact) mass is 413 g/mol. The molecule has 5 rings (SSSR count). The van der Waals surface area contributed by atoms with Gasteiger partial charge in [0.2, 0.25) is 5.95 Å². The first-order valence-corrected chi connectivity index (χ1v) is 10.6. The zero-order chi connectivity index (χ0) is 20.3. The first-order valence-electron chi connectivity index (χ1n) is 9.76. The summed E-state index contributed by atoms with van der Waals surface area (Å²) in [6, 6.07) is 9.98. The lowest BCUT2D eigenvalue weighted by Gasteiger charge is -2.17. The lowest BCUT2D eigenvalue weighted by molar-refractivity contribution is 0.825. The number of aromatic nitrogens is 5. The molecular weight excluding hydrogens is 394 g/mol. The lowest BCUT2D eigenvalue weighted by atomic mass is 9.94. The topological polar surface area (TPSA) is 88.8 Å². The number of anilines is 1. The molecule has 8 heteroatoms. The zero-order valence-electron chi connectivity index (χ0n) is 16.4. The highest BCUT2D eigenvalue weighted by Gasteiger charge is 2.20. The van der Waals surface area contributed by atoms with E-state index in [2.05, 4.69) is 37.6 Å². The summed E-state index contributed by atoms with van der Waals surface area (Å²) in [7, 11) is 0. The van der Waals surface area contributed by atoms with Gasteiger partial charge in [-0.25, -0.2) is 25.4 Å². The summed E-state index contributed by atoms with van der Waals surface area (Å²) in [5.41, 5.74) is 8.96. The molecule has 4 aromatic rings. The van der Waals surface area contributed by atoms with Crippen molar-refractivity contribution in [1.29, 1.82) is 0 Å². The molecule has 0 amide bonds. The molecule has 0 fully saturated rings. The van der Waals surface area contributed by atoms with Crippen LogP contribution in [0.2, 0.25) is 0 Å². The van der Waals surface area contributed by atoms with Crippen molar-refractivity contribution < 1.29 is 0 Å². The molecule has 0 spiro atoms. The fourth-order valence-corrected chi connectivity index (χ4v) is 4.49. The van der Waals surface area contributed by atoms with Crippen LogP contribution in [0.5, 0.6) is 0 Å². The first-order chi connectivity index (χ1) is 14.8. The molecule has 4 heterocycles. The maximum atomic E-state index is 4.99. The zero-order valence-corrected chi connectivity index (χ0v) is 17.2. The Morgan fingerprint density at radius 3 is 2.73 bits per heavy atom. The van der Waals surface area contributed by atoms with E-state index in [1.807, 2.05) is 25.3 Å². The average molecular weight is 414 g/mol. The van der Waals surface area contributed by atoms with Crippen LogP contribution in [-0.4, -0.2) is 30.6 Å². The molecule has 0 saturated carbocycles. The maximum Gasteiger partial charge on any atom is 0.243 e. The Balaban J connectivity index is 1.50. The number of aryl methyl sites for hydroxylation is 2.